The summed E-state index contributed by atoms with van der Waals surface area (Å²) in [6.07, 6.45) is 4.68. The molecule has 4 rings (SSSR count). The van der Waals surface area contributed by atoms with E-state index in [9.17, 15) is 13.2 Å². The smallest absolute Gasteiger partial charge is 0.263 e. The van der Waals surface area contributed by atoms with Crippen LogP contribution in [0.3, 0.4) is 0 Å². The number of rotatable bonds is 5. The first kappa shape index (κ1) is 17.4. The Labute approximate surface area is 156 Å². The maximum absolute atomic E-state index is 12.7. The second kappa shape index (κ2) is 6.98. The minimum absolute atomic E-state index is 0.0347. The van der Waals surface area contributed by atoms with E-state index in [1.807, 2.05) is 0 Å². The number of nitrogens with one attached hydrogen (secondary N) is 1. The highest BCUT2D eigenvalue weighted by Crippen LogP contribution is 2.28. The normalized spacial score (nSPS) is 21.5. The van der Waals surface area contributed by atoms with Crippen molar-refractivity contribution in [2.45, 2.75) is 30.2 Å². The van der Waals surface area contributed by atoms with Crippen LogP contribution >= 0.6 is 11.3 Å². The highest BCUT2D eigenvalue weighted by Gasteiger charge is 2.37. The van der Waals surface area contributed by atoms with E-state index in [2.05, 4.69) is 14.6 Å². The average molecular weight is 393 g/mol. The lowest BCUT2D eigenvalue weighted by Crippen LogP contribution is -2.40. The van der Waals surface area contributed by atoms with Crippen LogP contribution in [0, 0.1) is 0 Å². The summed E-state index contributed by atoms with van der Waals surface area (Å²) in [5, 5.41) is 2.04. The zero-order valence-electron chi connectivity index (χ0n) is 14.2. The SMILES string of the molecule is O=C1[C@@H](N2CCCC2)CCN1c1ccc(S(=O)(=O)Nc2nccs2)cc1. The van der Waals surface area contributed by atoms with Gasteiger partial charge in [-0.25, -0.2) is 13.4 Å². The van der Waals surface area contributed by atoms with E-state index < -0.39 is 10.0 Å². The molecule has 1 aromatic heterocycles. The number of hydrogen-bond donors (Lipinski definition) is 1. The minimum Gasteiger partial charge on any atom is -0.311 e. The van der Waals surface area contributed by atoms with E-state index >= 15 is 0 Å². The summed E-state index contributed by atoms with van der Waals surface area (Å²) in [6.45, 7) is 2.65. The number of hydrogen-bond acceptors (Lipinski definition) is 6. The van der Waals surface area contributed by atoms with Crippen molar-refractivity contribution in [3.8, 4) is 0 Å². The van der Waals surface area contributed by atoms with Crippen LogP contribution in [0.2, 0.25) is 0 Å². The van der Waals surface area contributed by atoms with Gasteiger partial charge in [-0.3, -0.25) is 14.4 Å². The maximum Gasteiger partial charge on any atom is 0.263 e. The van der Waals surface area contributed by atoms with Gasteiger partial charge in [-0.15, -0.1) is 11.3 Å². The van der Waals surface area contributed by atoms with Crippen molar-refractivity contribution in [3.05, 3.63) is 35.8 Å². The summed E-state index contributed by atoms with van der Waals surface area (Å²) in [6, 6.07) is 6.41. The summed E-state index contributed by atoms with van der Waals surface area (Å²) in [7, 11) is -3.67. The lowest BCUT2D eigenvalue weighted by atomic mass is 10.2. The molecule has 1 N–H and O–H groups in total. The fourth-order valence-corrected chi connectivity index (χ4v) is 5.35. The van der Waals surface area contributed by atoms with Crippen molar-refractivity contribution >= 4 is 38.1 Å². The van der Waals surface area contributed by atoms with Crippen molar-refractivity contribution in [2.75, 3.05) is 29.3 Å². The van der Waals surface area contributed by atoms with Crippen molar-refractivity contribution < 1.29 is 13.2 Å². The standard InChI is InChI=1S/C17H20N4O3S2/c22-16-15(20-9-1-2-10-20)7-11-21(16)13-3-5-14(6-4-13)26(23,24)19-17-18-8-12-25-17/h3-6,8,12,15H,1-2,7,9-11H2,(H,18,19)/t15-/m0/s1. The highest BCUT2D eigenvalue weighted by molar-refractivity contribution is 7.93. The van der Waals surface area contributed by atoms with Gasteiger partial charge in [0.1, 0.15) is 0 Å². The summed E-state index contributed by atoms with van der Waals surface area (Å²) in [5.41, 5.74) is 0.741. The fraction of sp³-hybridized carbons (Fsp3) is 0.412. The van der Waals surface area contributed by atoms with Gasteiger partial charge in [-0.05, 0) is 56.6 Å². The average Bonchev–Trinajstić information content (AvgIpc) is 3.36. The predicted molar refractivity (Wildman–Crippen MR) is 101 cm³/mol. The molecule has 0 unspecified atom stereocenters. The van der Waals surface area contributed by atoms with Crippen molar-refractivity contribution in [2.24, 2.45) is 0 Å². The molecule has 0 spiro atoms. The first-order valence-corrected chi connectivity index (χ1v) is 11.0. The molecule has 0 saturated carbocycles. The number of anilines is 2. The Morgan fingerprint density at radius 2 is 1.85 bits per heavy atom. The third-order valence-electron chi connectivity index (χ3n) is 4.87. The first-order valence-electron chi connectivity index (χ1n) is 8.62. The minimum atomic E-state index is -3.67. The van der Waals surface area contributed by atoms with Crippen LogP contribution in [0.1, 0.15) is 19.3 Å². The van der Waals surface area contributed by atoms with Gasteiger partial charge in [-0.2, -0.15) is 0 Å². The maximum atomic E-state index is 12.7. The van der Waals surface area contributed by atoms with Crippen LogP contribution in [0.25, 0.3) is 0 Å². The predicted octanol–water partition coefficient (Wildman–Crippen LogP) is 2.15. The van der Waals surface area contributed by atoms with Crippen molar-refractivity contribution in [1.29, 1.82) is 0 Å². The molecule has 0 aliphatic carbocycles. The number of likely N-dealkylation sites (tertiary alicyclic amines) is 1. The summed E-state index contributed by atoms with van der Waals surface area (Å²) >= 11 is 1.22. The lowest BCUT2D eigenvalue weighted by molar-refractivity contribution is -0.121. The zero-order valence-corrected chi connectivity index (χ0v) is 15.8. The van der Waals surface area contributed by atoms with Crippen molar-refractivity contribution in [1.82, 2.24) is 9.88 Å². The third kappa shape index (κ3) is 3.34. The molecule has 0 radical (unpaired) electrons. The van der Waals surface area contributed by atoms with Crippen LogP contribution < -0.4 is 9.62 Å². The molecule has 138 valence electrons. The number of aromatic nitrogens is 1. The Hall–Kier alpha value is -1.97. The monoisotopic (exact) mass is 392 g/mol. The largest absolute Gasteiger partial charge is 0.311 e. The molecule has 1 amide bonds. The Bertz CT molecular complexity index is 875. The lowest BCUT2D eigenvalue weighted by Gasteiger charge is -2.22. The molecule has 2 aliphatic heterocycles. The van der Waals surface area contributed by atoms with Gasteiger partial charge in [0.2, 0.25) is 5.91 Å². The molecule has 1 atom stereocenters. The van der Waals surface area contributed by atoms with E-state index in [-0.39, 0.29) is 16.8 Å². The van der Waals surface area contributed by atoms with E-state index in [0.29, 0.717) is 11.7 Å². The number of benzene rings is 1. The van der Waals surface area contributed by atoms with E-state index in [1.165, 1.54) is 23.5 Å². The Balaban J connectivity index is 1.48. The molecule has 26 heavy (non-hydrogen) atoms. The van der Waals surface area contributed by atoms with Crippen molar-refractivity contribution in [3.63, 3.8) is 0 Å². The second-order valence-corrected chi connectivity index (χ2v) is 9.05. The summed E-state index contributed by atoms with van der Waals surface area (Å²) < 4.78 is 27.2. The van der Waals surface area contributed by atoms with E-state index in [4.69, 9.17) is 0 Å². The molecular weight excluding hydrogens is 372 g/mol. The number of amides is 1. The van der Waals surface area contributed by atoms with Gasteiger partial charge in [-0.1, -0.05) is 0 Å². The summed E-state index contributed by atoms with van der Waals surface area (Å²) in [5.74, 6) is 0.114. The molecule has 1 aromatic carbocycles. The molecule has 2 fully saturated rings. The zero-order chi connectivity index (χ0) is 18.1. The van der Waals surface area contributed by atoms with Crippen LogP contribution in [0.4, 0.5) is 10.8 Å². The first-order chi connectivity index (χ1) is 12.5. The summed E-state index contributed by atoms with van der Waals surface area (Å²) in [4.78, 5) is 20.8. The Morgan fingerprint density at radius 3 is 2.50 bits per heavy atom. The molecule has 3 heterocycles. The van der Waals surface area contributed by atoms with Gasteiger partial charge in [0.25, 0.3) is 10.0 Å². The quantitative estimate of drug-likeness (QED) is 0.843. The fourth-order valence-electron chi connectivity index (χ4n) is 3.57. The Kier molecular flexibility index (Phi) is 4.68. The van der Waals surface area contributed by atoms with E-state index in [0.717, 1.165) is 38.0 Å². The second-order valence-electron chi connectivity index (χ2n) is 6.47. The molecule has 2 aromatic rings. The van der Waals surface area contributed by atoms with Crippen LogP contribution in [0.15, 0.2) is 40.7 Å². The van der Waals surface area contributed by atoms with Gasteiger partial charge < -0.3 is 4.90 Å². The van der Waals surface area contributed by atoms with Crippen LogP contribution in [-0.4, -0.2) is 49.9 Å². The van der Waals surface area contributed by atoms with Gasteiger partial charge >= 0.3 is 0 Å². The highest BCUT2D eigenvalue weighted by atomic mass is 32.2. The molecule has 2 aliphatic rings. The van der Waals surface area contributed by atoms with Gasteiger partial charge in [0.05, 0.1) is 10.9 Å². The number of carbonyl (C=O) groups excluding carboxylic acids is 1. The molecular formula is C17H20N4O3S2. The van der Waals surface area contributed by atoms with Gasteiger partial charge in [0.15, 0.2) is 5.13 Å². The number of sulfonamides is 1. The number of carbonyl (C=O) groups is 1. The molecule has 0 bridgehead atoms. The van der Waals surface area contributed by atoms with Crippen LogP contribution in [-0.2, 0) is 14.8 Å². The molecule has 2 saturated heterocycles. The molecule has 9 heteroatoms. The number of thiazole rings is 1. The Morgan fingerprint density at radius 1 is 1.12 bits per heavy atom. The van der Waals surface area contributed by atoms with Gasteiger partial charge in [0, 0.05) is 23.8 Å². The third-order valence-corrected chi connectivity index (χ3v) is 7.04. The topological polar surface area (TPSA) is 82.6 Å². The van der Waals surface area contributed by atoms with Crippen LogP contribution in [0.5, 0.6) is 0 Å². The number of nitrogens with zero attached hydrogens (tertiary/aromatic N) is 3. The van der Waals surface area contributed by atoms with E-state index in [1.54, 1.807) is 28.6 Å². The molecule has 7 nitrogen and oxygen atoms in total.